The summed E-state index contributed by atoms with van der Waals surface area (Å²) < 4.78 is 41.2. The number of nitrogens with one attached hydrogen (secondary N) is 2. The van der Waals surface area contributed by atoms with E-state index in [1.54, 1.807) is 4.90 Å². The summed E-state index contributed by atoms with van der Waals surface area (Å²) in [7, 11) is 0. The molecular formula is C25H25F3N6O2. The van der Waals surface area contributed by atoms with Crippen molar-refractivity contribution in [2.45, 2.75) is 44.3 Å². The van der Waals surface area contributed by atoms with Crippen LogP contribution in [0.4, 0.5) is 13.2 Å². The van der Waals surface area contributed by atoms with Crippen LogP contribution >= 0.6 is 0 Å². The summed E-state index contributed by atoms with van der Waals surface area (Å²) in [5.74, 6) is -0.441. The summed E-state index contributed by atoms with van der Waals surface area (Å²) in [6.45, 7) is 2.14. The summed E-state index contributed by atoms with van der Waals surface area (Å²) >= 11 is 0. The molecule has 11 heteroatoms. The molecule has 3 aromatic heterocycles. The summed E-state index contributed by atoms with van der Waals surface area (Å²) in [4.78, 5) is 30.4. The van der Waals surface area contributed by atoms with Gasteiger partial charge in [-0.2, -0.15) is 13.2 Å². The number of nitrogens with zero attached hydrogens (tertiary/aromatic N) is 4. The number of para-hydroxylation sites is 1. The fourth-order valence-corrected chi connectivity index (χ4v) is 4.93. The molecule has 1 aliphatic rings. The number of rotatable bonds is 5. The van der Waals surface area contributed by atoms with Gasteiger partial charge in [-0.05, 0) is 36.6 Å². The Morgan fingerprint density at radius 1 is 1.19 bits per heavy atom. The van der Waals surface area contributed by atoms with E-state index in [-0.39, 0.29) is 24.3 Å². The Morgan fingerprint density at radius 2 is 2.00 bits per heavy atom. The Balaban J connectivity index is 1.39. The molecule has 0 saturated carbocycles. The van der Waals surface area contributed by atoms with Gasteiger partial charge in [0.15, 0.2) is 5.65 Å². The van der Waals surface area contributed by atoms with E-state index < -0.39 is 17.8 Å². The average Bonchev–Trinajstić information content (AvgIpc) is 3.46. The zero-order valence-electron chi connectivity index (χ0n) is 19.5. The molecule has 1 saturated heterocycles. The maximum atomic E-state index is 13.6. The highest BCUT2D eigenvalue weighted by molar-refractivity contribution is 5.89. The quantitative estimate of drug-likeness (QED) is 0.439. The first-order valence-electron chi connectivity index (χ1n) is 11.7. The lowest BCUT2D eigenvalue weighted by Gasteiger charge is -2.34. The minimum absolute atomic E-state index is 0.231. The van der Waals surface area contributed by atoms with E-state index in [1.165, 1.54) is 17.4 Å². The zero-order valence-corrected chi connectivity index (χ0v) is 19.5. The Bertz CT molecular complexity index is 1430. The number of likely N-dealkylation sites (tertiary alicyclic amines) is 1. The highest BCUT2D eigenvalue weighted by Crippen LogP contribution is 2.31. The molecule has 36 heavy (non-hydrogen) atoms. The molecule has 188 valence electrons. The van der Waals surface area contributed by atoms with Crippen LogP contribution in [0.3, 0.4) is 0 Å². The van der Waals surface area contributed by atoms with Gasteiger partial charge in [0.05, 0.1) is 5.56 Å². The number of fused-ring (bicyclic) bond motifs is 2. The van der Waals surface area contributed by atoms with Crippen molar-refractivity contribution >= 4 is 28.4 Å². The van der Waals surface area contributed by atoms with Gasteiger partial charge in [0.1, 0.15) is 11.9 Å². The van der Waals surface area contributed by atoms with Crippen LogP contribution in [0, 0.1) is 0 Å². The SMILES string of the molecule is CC(=O)NC(Cc1c[nH]c2ccccc12)C(=O)N1CCCC(c2nnc3ccc(C(F)(F)F)cn23)C1. The predicted octanol–water partition coefficient (Wildman–Crippen LogP) is 3.68. The van der Waals surface area contributed by atoms with E-state index in [2.05, 4.69) is 20.5 Å². The predicted molar refractivity (Wildman–Crippen MR) is 126 cm³/mol. The van der Waals surface area contributed by atoms with Gasteiger partial charge in [-0.25, -0.2) is 0 Å². The molecule has 1 aromatic carbocycles. The number of H-pyrrole nitrogens is 1. The second-order valence-electron chi connectivity index (χ2n) is 9.14. The number of carbonyl (C=O) groups excluding carboxylic acids is 2. The van der Waals surface area contributed by atoms with Crippen molar-refractivity contribution in [2.24, 2.45) is 0 Å². The van der Waals surface area contributed by atoms with Gasteiger partial charge in [-0.15, -0.1) is 10.2 Å². The van der Waals surface area contributed by atoms with Crippen molar-refractivity contribution in [1.29, 1.82) is 0 Å². The highest BCUT2D eigenvalue weighted by atomic mass is 19.4. The third-order valence-corrected chi connectivity index (χ3v) is 6.63. The number of aromatic amines is 1. The molecule has 0 bridgehead atoms. The number of piperidine rings is 1. The lowest BCUT2D eigenvalue weighted by Crippen LogP contribution is -2.51. The van der Waals surface area contributed by atoms with Crippen molar-refractivity contribution in [2.75, 3.05) is 13.1 Å². The fourth-order valence-electron chi connectivity index (χ4n) is 4.93. The minimum Gasteiger partial charge on any atom is -0.361 e. The number of alkyl halides is 3. The minimum atomic E-state index is -4.49. The number of benzene rings is 1. The molecule has 0 radical (unpaired) electrons. The van der Waals surface area contributed by atoms with Gasteiger partial charge in [-0.1, -0.05) is 18.2 Å². The van der Waals surface area contributed by atoms with Crippen molar-refractivity contribution in [3.63, 3.8) is 0 Å². The number of aromatic nitrogens is 4. The maximum Gasteiger partial charge on any atom is 0.417 e. The molecule has 5 rings (SSSR count). The van der Waals surface area contributed by atoms with Crippen LogP contribution in [-0.4, -0.2) is 55.4 Å². The van der Waals surface area contributed by atoms with Crippen LogP contribution in [0.5, 0.6) is 0 Å². The van der Waals surface area contributed by atoms with Crippen LogP contribution in [0.2, 0.25) is 0 Å². The molecule has 8 nitrogen and oxygen atoms in total. The van der Waals surface area contributed by atoms with Gasteiger partial charge in [0.2, 0.25) is 11.8 Å². The van der Waals surface area contributed by atoms with E-state index in [0.29, 0.717) is 37.3 Å². The Hall–Kier alpha value is -3.89. The summed E-state index contributed by atoms with van der Waals surface area (Å²) in [6, 6.07) is 9.23. The van der Waals surface area contributed by atoms with Gasteiger partial charge in [-0.3, -0.25) is 14.0 Å². The summed E-state index contributed by atoms with van der Waals surface area (Å²) in [5.41, 5.74) is 1.38. The highest BCUT2D eigenvalue weighted by Gasteiger charge is 2.34. The maximum absolute atomic E-state index is 13.6. The summed E-state index contributed by atoms with van der Waals surface area (Å²) in [6.07, 6.45) is -0.0161. The Kier molecular flexibility index (Phi) is 6.15. The molecule has 4 heterocycles. The van der Waals surface area contributed by atoms with E-state index in [9.17, 15) is 22.8 Å². The molecule has 0 spiro atoms. The third kappa shape index (κ3) is 4.65. The normalized spacial score (nSPS) is 17.4. The molecule has 2 atom stereocenters. The van der Waals surface area contributed by atoms with Gasteiger partial charge >= 0.3 is 6.18 Å². The molecule has 2 N–H and O–H groups in total. The van der Waals surface area contributed by atoms with Crippen LogP contribution in [0.25, 0.3) is 16.6 Å². The van der Waals surface area contributed by atoms with E-state index >= 15 is 0 Å². The number of hydrogen-bond acceptors (Lipinski definition) is 4. The number of hydrogen-bond donors (Lipinski definition) is 2. The average molecular weight is 499 g/mol. The number of pyridine rings is 1. The lowest BCUT2D eigenvalue weighted by atomic mass is 9.95. The molecule has 4 aromatic rings. The zero-order chi connectivity index (χ0) is 25.4. The Morgan fingerprint density at radius 3 is 2.78 bits per heavy atom. The first-order valence-corrected chi connectivity index (χ1v) is 11.7. The van der Waals surface area contributed by atoms with Crippen molar-refractivity contribution < 1.29 is 22.8 Å². The molecule has 0 aliphatic carbocycles. The van der Waals surface area contributed by atoms with Gasteiger partial charge < -0.3 is 15.2 Å². The van der Waals surface area contributed by atoms with Crippen molar-refractivity contribution in [3.8, 4) is 0 Å². The van der Waals surface area contributed by atoms with E-state index in [4.69, 9.17) is 0 Å². The monoisotopic (exact) mass is 498 g/mol. The third-order valence-electron chi connectivity index (χ3n) is 6.63. The van der Waals surface area contributed by atoms with Gasteiger partial charge in [0.25, 0.3) is 0 Å². The summed E-state index contributed by atoms with van der Waals surface area (Å²) in [5, 5.41) is 11.9. The van der Waals surface area contributed by atoms with Crippen LogP contribution in [-0.2, 0) is 22.2 Å². The second-order valence-corrected chi connectivity index (χ2v) is 9.14. The number of halogens is 3. The first-order chi connectivity index (χ1) is 17.2. The molecule has 1 fully saturated rings. The van der Waals surface area contributed by atoms with E-state index in [0.717, 1.165) is 28.7 Å². The first kappa shape index (κ1) is 23.8. The number of amides is 2. The van der Waals surface area contributed by atoms with Crippen molar-refractivity contribution in [1.82, 2.24) is 29.8 Å². The van der Waals surface area contributed by atoms with Crippen molar-refractivity contribution in [3.05, 3.63) is 65.7 Å². The molecule has 1 aliphatic heterocycles. The van der Waals surface area contributed by atoms with E-state index in [1.807, 2.05) is 30.5 Å². The molecule has 2 amide bonds. The topological polar surface area (TPSA) is 95.4 Å². The van der Waals surface area contributed by atoms with Gasteiger partial charge in [0, 0.05) is 55.6 Å². The smallest absolute Gasteiger partial charge is 0.361 e. The van der Waals surface area contributed by atoms with Crippen LogP contribution < -0.4 is 5.32 Å². The van der Waals surface area contributed by atoms with Crippen LogP contribution in [0.1, 0.15) is 42.6 Å². The molecular weight excluding hydrogens is 473 g/mol. The standard InChI is InChI=1S/C25H25F3N6O2/c1-15(35)30-21(11-17-12-29-20-7-3-2-6-19(17)20)24(36)33-10-4-5-16(13-33)23-32-31-22-9-8-18(14-34(22)23)25(26,27)28/h2-3,6-9,12,14,16,21,29H,4-5,10-11,13H2,1H3,(H,30,35). The second kappa shape index (κ2) is 9.29. The largest absolute Gasteiger partial charge is 0.417 e. The number of carbonyl (C=O) groups is 2. The van der Waals surface area contributed by atoms with Crippen LogP contribution in [0.15, 0.2) is 48.8 Å². The Labute approximate surface area is 204 Å². The lowest BCUT2D eigenvalue weighted by molar-refractivity contribution is -0.138. The molecule has 2 unspecified atom stereocenters. The fraction of sp³-hybridized carbons (Fsp3) is 0.360.